The standard InChI is InChI=1S/C17H8FN4O3S.K/c18-9-5-6-13-11(7-9)17(23)21-16(20-13)12(8-19)15-10-3-1-2-4-14(10)26(24,25)22-15;/h1-7H,(H,20,21,23);/q-1;. The molecule has 27 heavy (non-hydrogen) atoms. The number of rotatable bonds is 2. The molecule has 0 bridgehead atoms. The van der Waals surface area contributed by atoms with Crippen LogP contribution in [0.2, 0.25) is 0 Å². The minimum atomic E-state index is -3.93. The van der Waals surface area contributed by atoms with Gasteiger partial charge in [-0.2, -0.15) is 12.8 Å². The molecule has 1 aliphatic heterocycles. The van der Waals surface area contributed by atoms with Crippen LogP contribution >= 0.6 is 0 Å². The molecule has 0 unspecified atom stereocenters. The van der Waals surface area contributed by atoms with Gasteiger partial charge in [0.25, 0.3) is 15.6 Å². The third-order valence-electron chi connectivity index (χ3n) is 3.88. The van der Waals surface area contributed by atoms with Gasteiger partial charge >= 0.3 is 0 Å². The third-order valence-corrected chi connectivity index (χ3v) is 5.22. The number of nitrogens with zero attached hydrogens (tertiary/aromatic N) is 3. The van der Waals surface area contributed by atoms with Gasteiger partial charge in [0.2, 0.25) is 0 Å². The van der Waals surface area contributed by atoms with E-state index in [-0.39, 0.29) is 89.9 Å². The molecule has 0 aliphatic carbocycles. The van der Waals surface area contributed by atoms with E-state index in [0.29, 0.717) is 0 Å². The number of allylic oxidation sites excluding steroid dienone is 1. The first-order valence-electron chi connectivity index (χ1n) is 7.32. The molecule has 0 saturated heterocycles. The summed E-state index contributed by atoms with van der Waals surface area (Å²) in [5.74, 6) is 1.13. The molecule has 10 heteroatoms. The molecule has 0 spiro atoms. The average molecular weight is 406 g/mol. The summed E-state index contributed by atoms with van der Waals surface area (Å²) in [6.45, 7) is 0. The minimum absolute atomic E-state index is 0. The van der Waals surface area contributed by atoms with Crippen molar-refractivity contribution < 1.29 is 12.8 Å². The smallest absolute Gasteiger partial charge is 0.283 e. The molecule has 3 aromatic rings. The van der Waals surface area contributed by atoms with Gasteiger partial charge in [-0.25, -0.2) is 9.37 Å². The molecule has 0 atom stereocenters. The summed E-state index contributed by atoms with van der Waals surface area (Å²) >= 11 is 0. The Hall–Kier alpha value is -1.78. The second kappa shape index (κ2) is 7.32. The van der Waals surface area contributed by atoms with Crippen molar-refractivity contribution in [3.05, 3.63) is 75.4 Å². The van der Waals surface area contributed by atoms with Gasteiger partial charge in [0, 0.05) is 56.9 Å². The molecule has 2 heterocycles. The summed E-state index contributed by atoms with van der Waals surface area (Å²) in [6, 6.07) is 9.54. The zero-order valence-electron chi connectivity index (χ0n) is 13.9. The van der Waals surface area contributed by atoms with Gasteiger partial charge in [-0.1, -0.05) is 18.2 Å². The van der Waals surface area contributed by atoms with Crippen molar-refractivity contribution in [3.63, 3.8) is 0 Å². The summed E-state index contributed by atoms with van der Waals surface area (Å²) < 4.78 is 41.4. The molecule has 129 valence electrons. The van der Waals surface area contributed by atoms with Crippen LogP contribution in [0.3, 0.4) is 0 Å². The van der Waals surface area contributed by atoms with Gasteiger partial charge in [-0.05, 0) is 24.3 Å². The SMILES string of the molecule is [K].[N-]=C=C(C1=NS(=O)(=O)c2ccccc21)c1nc2ccc(F)cc2c(=O)[nH]1. The van der Waals surface area contributed by atoms with Gasteiger partial charge in [0.05, 0.1) is 21.4 Å². The fraction of sp³-hybridized carbons (Fsp3) is 0. The first-order chi connectivity index (χ1) is 12.4. The predicted molar refractivity (Wildman–Crippen MR) is 100 cm³/mol. The average Bonchev–Trinajstić information content (AvgIpc) is 2.88. The summed E-state index contributed by atoms with van der Waals surface area (Å²) in [6.07, 6.45) is 0. The molecule has 1 radical (unpaired) electrons. The van der Waals surface area contributed by atoms with Crippen LogP contribution in [0.1, 0.15) is 11.4 Å². The van der Waals surface area contributed by atoms with E-state index in [4.69, 9.17) is 0 Å². The first kappa shape index (κ1) is 20.0. The van der Waals surface area contributed by atoms with Crippen LogP contribution in [-0.2, 0) is 10.0 Å². The van der Waals surface area contributed by atoms with E-state index in [1.165, 1.54) is 18.2 Å². The second-order valence-corrected chi connectivity index (χ2v) is 7.05. The van der Waals surface area contributed by atoms with Crippen LogP contribution in [0.15, 0.2) is 56.6 Å². The Kier molecular flexibility index (Phi) is 5.42. The van der Waals surface area contributed by atoms with Crippen LogP contribution in [0.5, 0.6) is 0 Å². The van der Waals surface area contributed by atoms with Gasteiger partial charge < -0.3 is 10.4 Å². The van der Waals surface area contributed by atoms with E-state index in [1.807, 2.05) is 5.87 Å². The Morgan fingerprint density at radius 1 is 1.19 bits per heavy atom. The summed E-state index contributed by atoms with van der Waals surface area (Å²) in [4.78, 5) is 18.7. The number of sulfonamides is 1. The van der Waals surface area contributed by atoms with Crippen LogP contribution in [0.4, 0.5) is 4.39 Å². The molecule has 1 N–H and O–H groups in total. The van der Waals surface area contributed by atoms with Crippen molar-refractivity contribution in [3.8, 4) is 0 Å². The predicted octanol–water partition coefficient (Wildman–Crippen LogP) is 1.50. The Morgan fingerprint density at radius 3 is 2.67 bits per heavy atom. The topological polar surface area (TPSA) is 115 Å². The van der Waals surface area contributed by atoms with E-state index in [2.05, 4.69) is 14.4 Å². The molecule has 0 saturated carbocycles. The number of nitrogens with one attached hydrogen (secondary N) is 1. The van der Waals surface area contributed by atoms with Gasteiger partial charge in [0.15, 0.2) is 0 Å². The Bertz CT molecular complexity index is 1340. The number of aromatic amines is 1. The van der Waals surface area contributed by atoms with Crippen LogP contribution < -0.4 is 5.56 Å². The number of benzene rings is 2. The van der Waals surface area contributed by atoms with Gasteiger partial charge in [-0.15, -0.1) is 0 Å². The number of hydrogen-bond donors (Lipinski definition) is 1. The molecular formula is C17H8FKN4O3S-. The number of fused-ring (bicyclic) bond motifs is 2. The summed E-state index contributed by atoms with van der Waals surface area (Å²) in [5, 5.41) is 9.58. The molecule has 4 rings (SSSR count). The number of aromatic nitrogens is 2. The van der Waals surface area contributed by atoms with E-state index in [0.717, 1.165) is 12.1 Å². The van der Waals surface area contributed by atoms with E-state index < -0.39 is 21.4 Å². The quantitative estimate of drug-likeness (QED) is 0.513. The summed E-state index contributed by atoms with van der Waals surface area (Å²) in [7, 11) is -3.93. The van der Waals surface area contributed by atoms with Gasteiger partial charge in [0.1, 0.15) is 17.4 Å². The fourth-order valence-electron chi connectivity index (χ4n) is 2.73. The molecule has 1 aliphatic rings. The number of hydrogen-bond acceptors (Lipinski definition) is 4. The van der Waals surface area contributed by atoms with Crippen molar-refractivity contribution >= 4 is 89.5 Å². The van der Waals surface area contributed by atoms with Crippen LogP contribution in [0, 0.1) is 5.82 Å². The minimum Gasteiger partial charge on any atom is -0.763 e. The van der Waals surface area contributed by atoms with Crippen molar-refractivity contribution in [1.29, 1.82) is 0 Å². The van der Waals surface area contributed by atoms with E-state index >= 15 is 0 Å². The van der Waals surface area contributed by atoms with Crippen molar-refractivity contribution in [2.45, 2.75) is 4.90 Å². The molecular weight excluding hydrogens is 398 g/mol. The maximum atomic E-state index is 13.3. The second-order valence-electron chi connectivity index (χ2n) is 5.47. The number of H-pyrrole nitrogens is 1. The molecule has 2 aromatic carbocycles. The van der Waals surface area contributed by atoms with E-state index in [9.17, 15) is 23.0 Å². The zero-order valence-corrected chi connectivity index (χ0v) is 17.8. The van der Waals surface area contributed by atoms with Gasteiger partial charge in [-0.3, -0.25) is 10.7 Å². The first-order valence-corrected chi connectivity index (χ1v) is 8.76. The zero-order chi connectivity index (χ0) is 18.5. The Balaban J connectivity index is 0.00000210. The van der Waals surface area contributed by atoms with Crippen LogP contribution in [-0.4, -0.2) is 81.4 Å². The van der Waals surface area contributed by atoms with Crippen molar-refractivity contribution in [2.24, 2.45) is 4.40 Å². The third kappa shape index (κ3) is 3.41. The molecule has 1 aromatic heterocycles. The molecule has 0 fully saturated rings. The van der Waals surface area contributed by atoms with Crippen molar-refractivity contribution in [2.75, 3.05) is 0 Å². The fourth-order valence-corrected chi connectivity index (χ4v) is 3.95. The molecule has 0 amide bonds. The van der Waals surface area contributed by atoms with Crippen LogP contribution in [0.25, 0.3) is 21.9 Å². The Labute approximate surface area is 195 Å². The maximum Gasteiger partial charge on any atom is 0.283 e. The number of halogens is 1. The largest absolute Gasteiger partial charge is 0.763 e. The maximum absolute atomic E-state index is 13.3. The molecule has 7 nitrogen and oxygen atoms in total. The van der Waals surface area contributed by atoms with E-state index in [1.54, 1.807) is 12.1 Å². The summed E-state index contributed by atoms with van der Waals surface area (Å²) in [5.41, 5.74) is -0.500. The Morgan fingerprint density at radius 2 is 1.93 bits per heavy atom. The monoisotopic (exact) mass is 406 g/mol. The van der Waals surface area contributed by atoms with Crippen molar-refractivity contribution in [1.82, 2.24) is 9.97 Å². The normalized spacial score (nSPS) is 14.0.